The summed E-state index contributed by atoms with van der Waals surface area (Å²) in [6, 6.07) is 0. The van der Waals surface area contributed by atoms with Gasteiger partial charge in [0.15, 0.2) is 5.78 Å². The molecule has 18 heavy (non-hydrogen) atoms. The zero-order chi connectivity index (χ0) is 13.5. The largest absolute Gasteiger partial charge is 0.295 e. The zero-order valence-corrected chi connectivity index (χ0v) is 12.6. The SMILES string of the molecule is CCCC=CC(=O)CC1CC(C)CCC1C(C)C. The van der Waals surface area contributed by atoms with Crippen molar-refractivity contribution in [2.24, 2.45) is 23.7 Å². The molecule has 0 radical (unpaired) electrons. The predicted molar refractivity (Wildman–Crippen MR) is 78.5 cm³/mol. The van der Waals surface area contributed by atoms with Crippen LogP contribution in [0.3, 0.4) is 0 Å². The Balaban J connectivity index is 2.52. The number of allylic oxidation sites excluding steroid dienone is 2. The van der Waals surface area contributed by atoms with E-state index in [0.29, 0.717) is 11.7 Å². The molecule has 1 saturated carbocycles. The first-order chi connectivity index (χ1) is 8.54. The molecule has 0 aromatic carbocycles. The average Bonchev–Trinajstić information content (AvgIpc) is 2.29. The normalized spacial score (nSPS) is 29.1. The smallest absolute Gasteiger partial charge is 0.155 e. The van der Waals surface area contributed by atoms with Crippen LogP contribution < -0.4 is 0 Å². The van der Waals surface area contributed by atoms with E-state index in [1.165, 1.54) is 19.3 Å². The summed E-state index contributed by atoms with van der Waals surface area (Å²) in [6.45, 7) is 9.10. The van der Waals surface area contributed by atoms with Gasteiger partial charge in [0.2, 0.25) is 0 Å². The van der Waals surface area contributed by atoms with E-state index >= 15 is 0 Å². The van der Waals surface area contributed by atoms with Crippen molar-refractivity contribution < 1.29 is 4.79 Å². The summed E-state index contributed by atoms with van der Waals surface area (Å²) in [6.07, 6.45) is 10.7. The minimum atomic E-state index is 0.341. The fourth-order valence-electron chi connectivity index (χ4n) is 3.34. The Morgan fingerprint density at radius 1 is 1.33 bits per heavy atom. The molecule has 0 saturated heterocycles. The summed E-state index contributed by atoms with van der Waals surface area (Å²) in [5, 5.41) is 0. The van der Waals surface area contributed by atoms with Crippen LogP contribution >= 0.6 is 0 Å². The first kappa shape index (κ1) is 15.5. The third-order valence-electron chi connectivity index (χ3n) is 4.38. The number of hydrogen-bond donors (Lipinski definition) is 0. The molecular formula is C17H30O. The molecule has 0 N–H and O–H groups in total. The second kappa shape index (κ2) is 7.76. The number of hydrogen-bond acceptors (Lipinski definition) is 1. The van der Waals surface area contributed by atoms with Gasteiger partial charge in [-0.3, -0.25) is 4.79 Å². The molecule has 0 aromatic heterocycles. The van der Waals surface area contributed by atoms with Gasteiger partial charge in [0, 0.05) is 6.42 Å². The van der Waals surface area contributed by atoms with E-state index in [1.54, 1.807) is 0 Å². The molecule has 1 rings (SSSR count). The van der Waals surface area contributed by atoms with Gasteiger partial charge in [-0.25, -0.2) is 0 Å². The number of carbonyl (C=O) groups is 1. The third kappa shape index (κ3) is 4.96. The van der Waals surface area contributed by atoms with Gasteiger partial charge in [-0.1, -0.05) is 46.6 Å². The van der Waals surface area contributed by atoms with Crippen LogP contribution in [0.15, 0.2) is 12.2 Å². The van der Waals surface area contributed by atoms with Crippen LogP contribution in [0.25, 0.3) is 0 Å². The summed E-state index contributed by atoms with van der Waals surface area (Å²) >= 11 is 0. The van der Waals surface area contributed by atoms with Crippen LogP contribution in [0, 0.1) is 23.7 Å². The van der Waals surface area contributed by atoms with Gasteiger partial charge in [0.05, 0.1) is 0 Å². The van der Waals surface area contributed by atoms with Gasteiger partial charge in [0.25, 0.3) is 0 Å². The van der Waals surface area contributed by atoms with Crippen molar-refractivity contribution in [3.63, 3.8) is 0 Å². The Kier molecular flexibility index (Phi) is 6.67. The second-order valence-corrected chi connectivity index (χ2v) is 6.45. The van der Waals surface area contributed by atoms with Crippen LogP contribution in [0.2, 0.25) is 0 Å². The molecule has 3 unspecified atom stereocenters. The van der Waals surface area contributed by atoms with Crippen LogP contribution in [0.4, 0.5) is 0 Å². The monoisotopic (exact) mass is 250 g/mol. The van der Waals surface area contributed by atoms with Gasteiger partial charge in [0.1, 0.15) is 0 Å². The molecule has 0 bridgehead atoms. The maximum absolute atomic E-state index is 12.0. The molecule has 1 aliphatic rings. The average molecular weight is 250 g/mol. The number of unbranched alkanes of at least 4 members (excludes halogenated alkanes) is 1. The van der Waals surface area contributed by atoms with Gasteiger partial charge >= 0.3 is 0 Å². The molecule has 0 heterocycles. The van der Waals surface area contributed by atoms with E-state index in [9.17, 15) is 4.79 Å². The fourth-order valence-corrected chi connectivity index (χ4v) is 3.34. The molecule has 1 nitrogen and oxygen atoms in total. The summed E-state index contributed by atoms with van der Waals surface area (Å²) in [5.41, 5.74) is 0. The van der Waals surface area contributed by atoms with E-state index in [0.717, 1.165) is 37.0 Å². The van der Waals surface area contributed by atoms with Crippen LogP contribution in [-0.4, -0.2) is 5.78 Å². The standard InChI is InChI=1S/C17H30O/c1-5-6-7-8-16(18)12-15-11-14(4)9-10-17(15)13(2)3/h7-8,13-15,17H,5-6,9-12H2,1-4H3. The molecule has 0 spiro atoms. The Hall–Kier alpha value is -0.590. The fraction of sp³-hybridized carbons (Fsp3) is 0.824. The van der Waals surface area contributed by atoms with Crippen LogP contribution in [0.1, 0.15) is 66.2 Å². The predicted octanol–water partition coefficient (Wildman–Crippen LogP) is 5.01. The zero-order valence-electron chi connectivity index (χ0n) is 12.6. The van der Waals surface area contributed by atoms with Crippen molar-refractivity contribution in [3.8, 4) is 0 Å². The van der Waals surface area contributed by atoms with Gasteiger partial charge < -0.3 is 0 Å². The lowest BCUT2D eigenvalue weighted by molar-refractivity contribution is -0.116. The molecule has 104 valence electrons. The first-order valence-electron chi connectivity index (χ1n) is 7.74. The highest BCUT2D eigenvalue weighted by molar-refractivity contribution is 5.89. The highest BCUT2D eigenvalue weighted by atomic mass is 16.1. The van der Waals surface area contributed by atoms with E-state index < -0.39 is 0 Å². The molecule has 0 aromatic rings. The third-order valence-corrected chi connectivity index (χ3v) is 4.38. The lowest BCUT2D eigenvalue weighted by Gasteiger charge is -2.37. The van der Waals surface area contributed by atoms with Crippen molar-refractivity contribution in [2.45, 2.75) is 66.2 Å². The second-order valence-electron chi connectivity index (χ2n) is 6.45. The number of carbonyl (C=O) groups excluding carboxylic acids is 1. The number of ketones is 1. The lowest BCUT2D eigenvalue weighted by atomic mass is 9.68. The van der Waals surface area contributed by atoms with Crippen molar-refractivity contribution in [1.29, 1.82) is 0 Å². The highest BCUT2D eigenvalue weighted by Crippen LogP contribution is 2.39. The van der Waals surface area contributed by atoms with E-state index in [2.05, 4.69) is 27.7 Å². The van der Waals surface area contributed by atoms with Crippen LogP contribution in [-0.2, 0) is 4.79 Å². The first-order valence-corrected chi connectivity index (χ1v) is 7.74. The molecule has 3 atom stereocenters. The van der Waals surface area contributed by atoms with Crippen molar-refractivity contribution in [3.05, 3.63) is 12.2 Å². The van der Waals surface area contributed by atoms with Crippen molar-refractivity contribution >= 4 is 5.78 Å². The van der Waals surface area contributed by atoms with Gasteiger partial charge in [-0.05, 0) is 49.0 Å². The Bertz CT molecular complexity index is 277. The molecule has 1 heteroatoms. The van der Waals surface area contributed by atoms with Crippen molar-refractivity contribution in [2.75, 3.05) is 0 Å². The Labute approximate surface area is 113 Å². The summed E-state index contributed by atoms with van der Waals surface area (Å²) in [5.74, 6) is 3.23. The molecule has 0 amide bonds. The van der Waals surface area contributed by atoms with Crippen LogP contribution in [0.5, 0.6) is 0 Å². The minimum absolute atomic E-state index is 0.341. The maximum atomic E-state index is 12.0. The van der Waals surface area contributed by atoms with E-state index in [1.807, 2.05) is 12.2 Å². The van der Waals surface area contributed by atoms with Crippen molar-refractivity contribution in [1.82, 2.24) is 0 Å². The minimum Gasteiger partial charge on any atom is -0.295 e. The lowest BCUT2D eigenvalue weighted by Crippen LogP contribution is -2.29. The Morgan fingerprint density at radius 2 is 2.06 bits per heavy atom. The van der Waals surface area contributed by atoms with E-state index in [4.69, 9.17) is 0 Å². The number of rotatable bonds is 6. The molecule has 1 fully saturated rings. The van der Waals surface area contributed by atoms with E-state index in [-0.39, 0.29) is 0 Å². The molecule has 0 aliphatic heterocycles. The maximum Gasteiger partial charge on any atom is 0.155 e. The topological polar surface area (TPSA) is 17.1 Å². The summed E-state index contributed by atoms with van der Waals surface area (Å²) in [7, 11) is 0. The quantitative estimate of drug-likeness (QED) is 0.606. The molecule has 1 aliphatic carbocycles. The molecular weight excluding hydrogens is 220 g/mol. The van der Waals surface area contributed by atoms with Gasteiger partial charge in [-0.15, -0.1) is 0 Å². The highest BCUT2D eigenvalue weighted by Gasteiger charge is 2.31. The Morgan fingerprint density at radius 3 is 2.67 bits per heavy atom. The summed E-state index contributed by atoms with van der Waals surface area (Å²) in [4.78, 5) is 12.0. The van der Waals surface area contributed by atoms with Gasteiger partial charge in [-0.2, -0.15) is 0 Å². The summed E-state index contributed by atoms with van der Waals surface area (Å²) < 4.78 is 0.